The second kappa shape index (κ2) is 6.39. The van der Waals surface area contributed by atoms with Gasteiger partial charge >= 0.3 is 12.0 Å². The van der Waals surface area contributed by atoms with Crippen LogP contribution in [0, 0.1) is 0 Å². The van der Waals surface area contributed by atoms with Crippen LogP contribution in [-0.2, 0) is 0 Å². The van der Waals surface area contributed by atoms with Gasteiger partial charge in [-0.2, -0.15) is 11.8 Å². The summed E-state index contributed by atoms with van der Waals surface area (Å²) in [6.07, 6.45) is 0.922. The molecule has 1 heterocycles. The van der Waals surface area contributed by atoms with Crippen LogP contribution in [0.15, 0.2) is 24.3 Å². The number of carboxylic acids is 1. The summed E-state index contributed by atoms with van der Waals surface area (Å²) in [5.74, 6) is -0.153. The molecule has 1 saturated heterocycles. The van der Waals surface area contributed by atoms with Crippen LogP contribution < -0.4 is 5.32 Å². The van der Waals surface area contributed by atoms with E-state index >= 15 is 0 Å². The maximum Gasteiger partial charge on any atom is 0.337 e. The van der Waals surface area contributed by atoms with Crippen LogP contribution in [0.3, 0.4) is 0 Å². The summed E-state index contributed by atoms with van der Waals surface area (Å²) in [7, 11) is 0. The van der Waals surface area contributed by atoms with Crippen LogP contribution in [0.5, 0.6) is 0 Å². The van der Waals surface area contributed by atoms with Gasteiger partial charge in [0.1, 0.15) is 0 Å². The number of aromatic carboxylic acids is 1. The highest BCUT2D eigenvalue weighted by Gasteiger charge is 2.26. The van der Waals surface area contributed by atoms with E-state index in [4.69, 9.17) is 5.11 Å². The fraction of sp³-hybridized carbons (Fsp3) is 0.467. The van der Waals surface area contributed by atoms with Crippen molar-refractivity contribution >= 4 is 29.4 Å². The number of para-hydroxylation sites is 1. The average molecular weight is 308 g/mol. The minimum atomic E-state index is -1.04. The fourth-order valence-electron chi connectivity index (χ4n) is 2.20. The Hall–Kier alpha value is -1.69. The molecule has 0 aliphatic carbocycles. The number of hydrogen-bond donors (Lipinski definition) is 2. The lowest BCUT2D eigenvalue weighted by molar-refractivity contribution is 0.0698. The number of nitrogens with one attached hydrogen (secondary N) is 1. The number of amides is 2. The topological polar surface area (TPSA) is 69.6 Å². The number of carboxylic acid groups (broad SMARTS) is 1. The van der Waals surface area contributed by atoms with E-state index in [1.807, 2.05) is 11.8 Å². The molecule has 0 bridgehead atoms. The Morgan fingerprint density at radius 1 is 1.29 bits per heavy atom. The van der Waals surface area contributed by atoms with Gasteiger partial charge in [0.15, 0.2) is 0 Å². The summed E-state index contributed by atoms with van der Waals surface area (Å²) in [6, 6.07) is 6.21. The second-order valence-corrected chi connectivity index (χ2v) is 7.43. The average Bonchev–Trinajstić information content (AvgIpc) is 2.60. The highest BCUT2D eigenvalue weighted by atomic mass is 32.2. The van der Waals surface area contributed by atoms with Crippen molar-refractivity contribution in [2.45, 2.75) is 25.0 Å². The predicted octanol–water partition coefficient (Wildman–Crippen LogP) is 3.13. The van der Waals surface area contributed by atoms with Crippen LogP contribution in [0.25, 0.3) is 0 Å². The molecule has 1 aromatic carbocycles. The number of thioether (sulfide) groups is 1. The minimum Gasteiger partial charge on any atom is -0.478 e. The fourth-order valence-corrected chi connectivity index (χ4v) is 3.30. The van der Waals surface area contributed by atoms with Gasteiger partial charge in [-0.25, -0.2) is 9.59 Å². The first-order valence-electron chi connectivity index (χ1n) is 6.91. The zero-order valence-electron chi connectivity index (χ0n) is 12.3. The molecule has 5 nitrogen and oxygen atoms in total. The Morgan fingerprint density at radius 2 is 2.00 bits per heavy atom. The summed E-state index contributed by atoms with van der Waals surface area (Å²) in [5, 5.41) is 11.8. The summed E-state index contributed by atoms with van der Waals surface area (Å²) >= 11 is 1.86. The molecule has 1 aliphatic rings. The van der Waals surface area contributed by atoms with Gasteiger partial charge in [0.2, 0.25) is 0 Å². The Morgan fingerprint density at radius 3 is 2.71 bits per heavy atom. The van der Waals surface area contributed by atoms with Gasteiger partial charge in [-0.3, -0.25) is 0 Å². The first kappa shape index (κ1) is 15.7. The van der Waals surface area contributed by atoms with Gasteiger partial charge in [-0.15, -0.1) is 0 Å². The number of rotatable bonds is 2. The highest BCUT2D eigenvalue weighted by Crippen LogP contribution is 2.30. The van der Waals surface area contributed by atoms with E-state index in [1.54, 1.807) is 23.1 Å². The molecule has 2 rings (SSSR count). The number of carbonyl (C=O) groups excluding carboxylic acids is 1. The zero-order valence-corrected chi connectivity index (χ0v) is 13.1. The molecule has 1 aromatic rings. The normalized spacial score (nSPS) is 17.9. The van der Waals surface area contributed by atoms with Crippen LogP contribution in [0.2, 0.25) is 0 Å². The van der Waals surface area contributed by atoms with Crippen LogP contribution in [0.1, 0.15) is 30.6 Å². The van der Waals surface area contributed by atoms with Crippen molar-refractivity contribution in [3.05, 3.63) is 29.8 Å². The minimum absolute atomic E-state index is 0.107. The Labute approximate surface area is 128 Å². The molecule has 0 spiro atoms. The molecule has 0 atom stereocenters. The molecule has 0 unspecified atom stereocenters. The third kappa shape index (κ3) is 4.14. The largest absolute Gasteiger partial charge is 0.478 e. The van der Waals surface area contributed by atoms with E-state index in [2.05, 4.69) is 19.2 Å². The maximum absolute atomic E-state index is 12.3. The van der Waals surface area contributed by atoms with E-state index in [0.717, 1.165) is 12.2 Å². The number of anilines is 1. The Bertz CT molecular complexity index is 545. The third-order valence-corrected chi connectivity index (χ3v) is 4.90. The number of benzene rings is 1. The van der Waals surface area contributed by atoms with Crippen molar-refractivity contribution in [3.63, 3.8) is 0 Å². The monoisotopic (exact) mass is 308 g/mol. The van der Waals surface area contributed by atoms with Gasteiger partial charge in [0.05, 0.1) is 11.3 Å². The summed E-state index contributed by atoms with van der Waals surface area (Å²) in [5.41, 5.74) is 0.446. The highest BCUT2D eigenvalue weighted by molar-refractivity contribution is 8.00. The van der Waals surface area contributed by atoms with Crippen molar-refractivity contribution in [1.29, 1.82) is 0 Å². The van der Waals surface area contributed by atoms with E-state index in [0.29, 0.717) is 18.8 Å². The molecule has 1 fully saturated rings. The summed E-state index contributed by atoms with van der Waals surface area (Å²) in [6.45, 7) is 5.72. The maximum atomic E-state index is 12.3. The van der Waals surface area contributed by atoms with Crippen LogP contribution >= 0.6 is 11.8 Å². The lowest BCUT2D eigenvalue weighted by Crippen LogP contribution is -2.37. The van der Waals surface area contributed by atoms with Crippen molar-refractivity contribution < 1.29 is 14.7 Å². The molecule has 1 aliphatic heterocycles. The molecular formula is C15H20N2O3S. The molecule has 21 heavy (non-hydrogen) atoms. The molecule has 0 aromatic heterocycles. The zero-order chi connectivity index (χ0) is 15.5. The first-order valence-corrected chi connectivity index (χ1v) is 7.90. The molecule has 2 N–H and O–H groups in total. The van der Waals surface area contributed by atoms with Crippen LogP contribution in [-0.4, -0.2) is 45.6 Å². The Balaban J connectivity index is 2.06. The Kier molecular flexibility index (Phi) is 4.77. The van der Waals surface area contributed by atoms with Crippen molar-refractivity contribution in [3.8, 4) is 0 Å². The lowest BCUT2D eigenvalue weighted by Gasteiger charge is -2.23. The van der Waals surface area contributed by atoms with Gasteiger partial charge in [0.25, 0.3) is 0 Å². The van der Waals surface area contributed by atoms with Crippen molar-refractivity contribution in [2.75, 3.05) is 24.2 Å². The van der Waals surface area contributed by atoms with E-state index < -0.39 is 5.97 Å². The van der Waals surface area contributed by atoms with E-state index in [1.165, 1.54) is 6.07 Å². The summed E-state index contributed by atoms with van der Waals surface area (Å²) in [4.78, 5) is 25.2. The molecule has 0 radical (unpaired) electrons. The standard InChI is InChI=1S/C15H20N2O3S/c1-15(2)7-8-17(9-10-21-15)14(20)16-12-6-4-3-5-11(12)13(18)19/h3-6H,7-10H2,1-2H3,(H,16,20)(H,18,19). The third-order valence-electron chi connectivity index (χ3n) is 3.52. The smallest absolute Gasteiger partial charge is 0.337 e. The second-order valence-electron chi connectivity index (χ2n) is 5.63. The molecule has 6 heteroatoms. The molecule has 2 amide bonds. The van der Waals surface area contributed by atoms with Crippen LogP contribution in [0.4, 0.5) is 10.5 Å². The van der Waals surface area contributed by atoms with Gasteiger partial charge in [-0.1, -0.05) is 26.0 Å². The molecular weight excluding hydrogens is 288 g/mol. The number of hydrogen-bond acceptors (Lipinski definition) is 3. The number of carbonyl (C=O) groups is 2. The SMILES string of the molecule is CC1(C)CCN(C(=O)Nc2ccccc2C(=O)O)CCS1. The van der Waals surface area contributed by atoms with Crippen molar-refractivity contribution in [1.82, 2.24) is 4.90 Å². The predicted molar refractivity (Wildman–Crippen MR) is 85.1 cm³/mol. The van der Waals surface area contributed by atoms with Crippen molar-refractivity contribution in [2.24, 2.45) is 0 Å². The summed E-state index contributed by atoms with van der Waals surface area (Å²) < 4.78 is 0.175. The van der Waals surface area contributed by atoms with Gasteiger partial charge in [-0.05, 0) is 18.6 Å². The number of nitrogens with zero attached hydrogens (tertiary/aromatic N) is 1. The quantitative estimate of drug-likeness (QED) is 0.880. The van der Waals surface area contributed by atoms with E-state index in [-0.39, 0.29) is 16.3 Å². The van der Waals surface area contributed by atoms with Gasteiger partial charge in [0, 0.05) is 23.6 Å². The first-order chi connectivity index (χ1) is 9.89. The number of urea groups is 1. The van der Waals surface area contributed by atoms with E-state index in [9.17, 15) is 9.59 Å². The molecule has 114 valence electrons. The molecule has 0 saturated carbocycles. The van der Waals surface area contributed by atoms with Gasteiger partial charge < -0.3 is 15.3 Å². The lowest BCUT2D eigenvalue weighted by atomic mass is 10.1.